The molecule has 2 saturated carbocycles. The van der Waals surface area contributed by atoms with Gasteiger partial charge >= 0.3 is 0 Å². The number of carbonyl (C=O) groups excluding carboxylic acids is 2. The summed E-state index contributed by atoms with van der Waals surface area (Å²) in [5.41, 5.74) is 6.19. The Hall–Kier alpha value is -2.11. The molecule has 3 fully saturated rings. The molecule has 25 heavy (non-hydrogen) atoms. The van der Waals surface area contributed by atoms with Crippen LogP contribution in [0.5, 0.6) is 0 Å². The number of pyridine rings is 1. The van der Waals surface area contributed by atoms with Crippen molar-refractivity contribution in [1.82, 2.24) is 4.98 Å². The van der Waals surface area contributed by atoms with E-state index in [1.165, 1.54) is 25.7 Å². The number of nitrogens with one attached hydrogen (secondary N) is 1. The van der Waals surface area contributed by atoms with E-state index in [1.54, 1.807) is 6.20 Å². The second-order valence-electron chi connectivity index (χ2n) is 7.72. The molecule has 2 heterocycles. The molecule has 2 amide bonds. The van der Waals surface area contributed by atoms with Crippen LogP contribution in [-0.4, -0.2) is 29.9 Å². The highest BCUT2D eigenvalue weighted by Crippen LogP contribution is 2.55. The first kappa shape index (κ1) is 16.4. The Labute approximate surface area is 148 Å². The zero-order valence-corrected chi connectivity index (χ0v) is 14.5. The van der Waals surface area contributed by atoms with E-state index in [0.29, 0.717) is 18.4 Å². The highest BCUT2D eigenvalue weighted by molar-refractivity contribution is 5.94. The molecule has 3 aliphatic rings. The zero-order chi connectivity index (χ0) is 17.4. The molecule has 1 aromatic heterocycles. The summed E-state index contributed by atoms with van der Waals surface area (Å²) in [6, 6.07) is 3.82. The lowest BCUT2D eigenvalue weighted by atomic mass is 9.97. The highest BCUT2D eigenvalue weighted by Gasteiger charge is 2.54. The van der Waals surface area contributed by atoms with Crippen LogP contribution in [0.4, 0.5) is 11.5 Å². The van der Waals surface area contributed by atoms with Gasteiger partial charge in [0.15, 0.2) is 0 Å². The number of amides is 2. The van der Waals surface area contributed by atoms with E-state index in [1.807, 2.05) is 12.1 Å². The van der Waals surface area contributed by atoms with Crippen LogP contribution in [0.1, 0.15) is 38.5 Å². The molecule has 4 rings (SSSR count). The van der Waals surface area contributed by atoms with Gasteiger partial charge in [0.25, 0.3) is 0 Å². The largest absolute Gasteiger partial charge is 0.369 e. The summed E-state index contributed by atoms with van der Waals surface area (Å²) in [7, 11) is 0. The average molecular weight is 342 g/mol. The van der Waals surface area contributed by atoms with Crippen LogP contribution < -0.4 is 16.0 Å². The fourth-order valence-corrected chi connectivity index (χ4v) is 4.67. The van der Waals surface area contributed by atoms with Gasteiger partial charge in [-0.15, -0.1) is 0 Å². The maximum absolute atomic E-state index is 12.4. The molecule has 134 valence electrons. The van der Waals surface area contributed by atoms with E-state index in [4.69, 9.17) is 5.73 Å². The molecule has 6 nitrogen and oxygen atoms in total. The lowest BCUT2D eigenvalue weighted by Crippen LogP contribution is -2.41. The summed E-state index contributed by atoms with van der Waals surface area (Å²) >= 11 is 0. The van der Waals surface area contributed by atoms with Gasteiger partial charge in [0, 0.05) is 19.0 Å². The SMILES string of the molecule is NC(=O)[C@@H]1CCCN(c2ccc(NC(=O)C3[C@@H]4CCCC[C@@H]34)cn2)C1. The second kappa shape index (κ2) is 6.65. The molecular formula is C19H26N4O2. The van der Waals surface area contributed by atoms with Crippen LogP contribution in [0.3, 0.4) is 0 Å². The van der Waals surface area contributed by atoms with E-state index < -0.39 is 0 Å². The van der Waals surface area contributed by atoms with Crippen molar-refractivity contribution in [3.8, 4) is 0 Å². The molecule has 1 saturated heterocycles. The molecule has 2 aliphatic carbocycles. The Morgan fingerprint density at radius 2 is 1.88 bits per heavy atom. The third kappa shape index (κ3) is 3.34. The van der Waals surface area contributed by atoms with Gasteiger partial charge in [0.05, 0.1) is 17.8 Å². The Kier molecular flexibility index (Phi) is 4.36. The van der Waals surface area contributed by atoms with Gasteiger partial charge in [0.2, 0.25) is 11.8 Å². The van der Waals surface area contributed by atoms with Gasteiger partial charge in [-0.3, -0.25) is 9.59 Å². The van der Waals surface area contributed by atoms with Crippen LogP contribution in [0.25, 0.3) is 0 Å². The molecule has 0 bridgehead atoms. The molecular weight excluding hydrogens is 316 g/mol. The summed E-state index contributed by atoms with van der Waals surface area (Å²) in [6.07, 6.45) is 8.45. The molecule has 3 atom stereocenters. The summed E-state index contributed by atoms with van der Waals surface area (Å²) in [5.74, 6) is 2.08. The number of piperidine rings is 1. The van der Waals surface area contributed by atoms with E-state index in [0.717, 1.165) is 30.9 Å². The van der Waals surface area contributed by atoms with E-state index >= 15 is 0 Å². The monoisotopic (exact) mass is 342 g/mol. The summed E-state index contributed by atoms with van der Waals surface area (Å²) in [6.45, 7) is 1.51. The van der Waals surface area contributed by atoms with Crippen molar-refractivity contribution in [1.29, 1.82) is 0 Å². The fraction of sp³-hybridized carbons (Fsp3) is 0.632. The minimum Gasteiger partial charge on any atom is -0.369 e. The molecule has 0 unspecified atom stereocenters. The van der Waals surface area contributed by atoms with Gasteiger partial charge in [-0.25, -0.2) is 4.98 Å². The first-order valence-electron chi connectivity index (χ1n) is 9.44. The Bertz CT molecular complexity index is 648. The summed E-state index contributed by atoms with van der Waals surface area (Å²) < 4.78 is 0. The standard InChI is InChI=1S/C19H26N4O2/c20-18(24)12-4-3-9-23(11-12)16-8-7-13(10-21-16)22-19(25)17-14-5-1-2-6-15(14)17/h7-8,10,12,14-15,17H,1-6,9,11H2,(H2,20,24)(H,22,25)/t12-,14-,15-/m1/s1. The third-order valence-electron chi connectivity index (χ3n) is 6.12. The summed E-state index contributed by atoms with van der Waals surface area (Å²) in [4.78, 5) is 30.4. The van der Waals surface area contributed by atoms with Crippen molar-refractivity contribution in [3.63, 3.8) is 0 Å². The highest BCUT2D eigenvalue weighted by atomic mass is 16.2. The number of hydrogen-bond donors (Lipinski definition) is 2. The minimum atomic E-state index is -0.237. The number of rotatable bonds is 4. The fourth-order valence-electron chi connectivity index (χ4n) is 4.67. The smallest absolute Gasteiger partial charge is 0.228 e. The molecule has 0 spiro atoms. The Morgan fingerprint density at radius 1 is 1.12 bits per heavy atom. The normalized spacial score (nSPS) is 31.1. The van der Waals surface area contributed by atoms with Crippen molar-refractivity contribution in [3.05, 3.63) is 18.3 Å². The maximum Gasteiger partial charge on any atom is 0.228 e. The average Bonchev–Trinajstić information content (AvgIpc) is 3.37. The van der Waals surface area contributed by atoms with E-state index in [2.05, 4.69) is 15.2 Å². The van der Waals surface area contributed by atoms with Crippen molar-refractivity contribution >= 4 is 23.3 Å². The van der Waals surface area contributed by atoms with Gasteiger partial charge in [-0.05, 0) is 49.7 Å². The number of primary amides is 1. The number of nitrogens with zero attached hydrogens (tertiary/aromatic N) is 2. The Morgan fingerprint density at radius 3 is 2.52 bits per heavy atom. The molecule has 1 aliphatic heterocycles. The predicted molar refractivity (Wildman–Crippen MR) is 95.9 cm³/mol. The predicted octanol–water partition coefficient (Wildman–Crippen LogP) is 2.16. The van der Waals surface area contributed by atoms with Crippen LogP contribution in [0.2, 0.25) is 0 Å². The topological polar surface area (TPSA) is 88.3 Å². The lowest BCUT2D eigenvalue weighted by Gasteiger charge is -2.32. The van der Waals surface area contributed by atoms with Crippen molar-refractivity contribution in [2.24, 2.45) is 29.4 Å². The number of fused-ring (bicyclic) bond motifs is 1. The van der Waals surface area contributed by atoms with E-state index in [9.17, 15) is 9.59 Å². The molecule has 0 aromatic carbocycles. The number of carbonyl (C=O) groups is 2. The van der Waals surface area contributed by atoms with Crippen molar-refractivity contribution in [2.45, 2.75) is 38.5 Å². The zero-order valence-electron chi connectivity index (χ0n) is 14.5. The Balaban J connectivity index is 1.35. The van der Waals surface area contributed by atoms with Crippen LogP contribution in [-0.2, 0) is 9.59 Å². The third-order valence-corrected chi connectivity index (χ3v) is 6.12. The number of hydrogen-bond acceptors (Lipinski definition) is 4. The first-order valence-corrected chi connectivity index (χ1v) is 9.44. The van der Waals surface area contributed by atoms with Crippen molar-refractivity contribution in [2.75, 3.05) is 23.3 Å². The quantitative estimate of drug-likeness (QED) is 0.877. The minimum absolute atomic E-state index is 0.104. The summed E-state index contributed by atoms with van der Waals surface area (Å²) in [5, 5.41) is 3.02. The van der Waals surface area contributed by atoms with E-state index in [-0.39, 0.29) is 23.7 Å². The van der Waals surface area contributed by atoms with Gasteiger partial charge in [0.1, 0.15) is 5.82 Å². The molecule has 3 N–H and O–H groups in total. The second-order valence-corrected chi connectivity index (χ2v) is 7.72. The van der Waals surface area contributed by atoms with Crippen LogP contribution >= 0.6 is 0 Å². The lowest BCUT2D eigenvalue weighted by molar-refractivity contribution is -0.122. The number of aromatic nitrogens is 1. The maximum atomic E-state index is 12.4. The number of anilines is 2. The van der Waals surface area contributed by atoms with Crippen LogP contribution in [0, 0.1) is 23.7 Å². The van der Waals surface area contributed by atoms with Crippen molar-refractivity contribution < 1.29 is 9.59 Å². The van der Waals surface area contributed by atoms with Gasteiger partial charge < -0.3 is 16.0 Å². The molecule has 0 radical (unpaired) electrons. The number of nitrogens with two attached hydrogens (primary N) is 1. The molecule has 1 aromatic rings. The molecule has 6 heteroatoms. The van der Waals surface area contributed by atoms with Gasteiger partial charge in [-0.2, -0.15) is 0 Å². The first-order chi connectivity index (χ1) is 12.1. The van der Waals surface area contributed by atoms with Gasteiger partial charge in [-0.1, -0.05) is 12.8 Å². The van der Waals surface area contributed by atoms with Crippen LogP contribution in [0.15, 0.2) is 18.3 Å².